The summed E-state index contributed by atoms with van der Waals surface area (Å²) in [5.41, 5.74) is -0.423. The Bertz CT molecular complexity index is 941. The van der Waals surface area contributed by atoms with Gasteiger partial charge in [0.2, 0.25) is 0 Å². The normalized spacial score (nSPS) is 11.1. The zero-order chi connectivity index (χ0) is 19.4. The van der Waals surface area contributed by atoms with Crippen molar-refractivity contribution in [1.29, 1.82) is 0 Å². The van der Waals surface area contributed by atoms with E-state index in [2.05, 4.69) is 20.6 Å². The summed E-state index contributed by atoms with van der Waals surface area (Å²) in [5.74, 6) is -0.995. The summed E-state index contributed by atoms with van der Waals surface area (Å²) >= 11 is 0. The number of rotatable bonds is 4. The highest BCUT2D eigenvalue weighted by molar-refractivity contribution is 6.02. The number of nitrogens with zero attached hydrogens (tertiary/aromatic N) is 2. The van der Waals surface area contributed by atoms with E-state index in [-0.39, 0.29) is 17.2 Å². The fourth-order valence-corrected chi connectivity index (χ4v) is 2.15. The smallest absolute Gasteiger partial charge is 0.339 e. The van der Waals surface area contributed by atoms with Gasteiger partial charge in [-0.25, -0.2) is 14.4 Å². The minimum atomic E-state index is -4.41. The van der Waals surface area contributed by atoms with Crippen LogP contribution in [-0.4, -0.2) is 15.9 Å². The molecule has 3 aromatic rings. The van der Waals surface area contributed by atoms with Crippen LogP contribution in [0, 0.1) is 5.82 Å². The molecule has 0 aliphatic heterocycles. The zero-order valence-corrected chi connectivity index (χ0v) is 13.6. The van der Waals surface area contributed by atoms with Crippen molar-refractivity contribution in [2.45, 2.75) is 6.18 Å². The van der Waals surface area contributed by atoms with E-state index in [4.69, 9.17) is 0 Å². The highest BCUT2D eigenvalue weighted by Gasteiger charge is 2.29. The van der Waals surface area contributed by atoms with Crippen LogP contribution in [0.4, 0.5) is 34.8 Å². The third-order valence-electron chi connectivity index (χ3n) is 3.49. The quantitative estimate of drug-likeness (QED) is 0.652. The summed E-state index contributed by atoms with van der Waals surface area (Å²) in [5, 5.41) is 5.15. The molecule has 0 unspecified atom stereocenters. The number of carbonyl (C=O) groups excluding carboxylic acids is 1. The van der Waals surface area contributed by atoms with E-state index >= 15 is 0 Å². The summed E-state index contributed by atoms with van der Waals surface area (Å²) in [7, 11) is 0. The first-order chi connectivity index (χ1) is 12.8. The van der Waals surface area contributed by atoms with Gasteiger partial charge in [-0.05, 0) is 36.4 Å². The van der Waals surface area contributed by atoms with Crippen molar-refractivity contribution in [3.8, 4) is 0 Å². The second-order valence-corrected chi connectivity index (χ2v) is 5.42. The molecule has 1 aromatic heterocycles. The Morgan fingerprint density at radius 1 is 0.926 bits per heavy atom. The van der Waals surface area contributed by atoms with Gasteiger partial charge in [0.1, 0.15) is 17.3 Å². The van der Waals surface area contributed by atoms with Gasteiger partial charge in [-0.15, -0.1) is 0 Å². The van der Waals surface area contributed by atoms with Crippen LogP contribution in [0.3, 0.4) is 0 Å². The number of anilines is 3. The Morgan fingerprint density at radius 3 is 2.22 bits per heavy atom. The third-order valence-corrected chi connectivity index (χ3v) is 3.49. The number of hydrogen-bond donors (Lipinski definition) is 2. The van der Waals surface area contributed by atoms with E-state index < -0.39 is 23.5 Å². The number of alkyl halides is 3. The minimum absolute atomic E-state index is 0.0104. The SMILES string of the molecule is O=C(Nc1ccccc1F)c1cnc(Nc2ccc(C(F)(F)F)cc2)cn1. The van der Waals surface area contributed by atoms with Gasteiger partial charge in [-0.1, -0.05) is 12.1 Å². The molecule has 0 atom stereocenters. The zero-order valence-electron chi connectivity index (χ0n) is 13.6. The fourth-order valence-electron chi connectivity index (χ4n) is 2.15. The van der Waals surface area contributed by atoms with Gasteiger partial charge in [0.05, 0.1) is 23.6 Å². The van der Waals surface area contributed by atoms with Crippen LogP contribution in [0.1, 0.15) is 16.1 Å². The molecule has 2 aromatic carbocycles. The van der Waals surface area contributed by atoms with Gasteiger partial charge in [0, 0.05) is 5.69 Å². The van der Waals surface area contributed by atoms with Crippen LogP contribution in [-0.2, 0) is 6.18 Å². The highest BCUT2D eigenvalue weighted by atomic mass is 19.4. The summed E-state index contributed by atoms with van der Waals surface area (Å²) in [6.45, 7) is 0. The van der Waals surface area contributed by atoms with Crippen molar-refractivity contribution >= 4 is 23.1 Å². The molecule has 0 bridgehead atoms. The van der Waals surface area contributed by atoms with E-state index in [1.54, 1.807) is 6.07 Å². The van der Waals surface area contributed by atoms with E-state index in [1.807, 2.05) is 0 Å². The maximum atomic E-state index is 13.5. The van der Waals surface area contributed by atoms with Gasteiger partial charge in [0.15, 0.2) is 0 Å². The Hall–Kier alpha value is -3.49. The van der Waals surface area contributed by atoms with Gasteiger partial charge >= 0.3 is 6.18 Å². The summed E-state index contributed by atoms with van der Waals surface area (Å²) in [4.78, 5) is 20.0. The Balaban J connectivity index is 1.66. The predicted octanol–water partition coefficient (Wildman–Crippen LogP) is 4.63. The van der Waals surface area contributed by atoms with E-state index in [9.17, 15) is 22.4 Å². The lowest BCUT2D eigenvalue weighted by molar-refractivity contribution is -0.137. The Labute approximate surface area is 151 Å². The number of hydrogen-bond acceptors (Lipinski definition) is 4. The molecule has 9 heteroatoms. The van der Waals surface area contributed by atoms with Crippen LogP contribution in [0.2, 0.25) is 0 Å². The van der Waals surface area contributed by atoms with Crippen LogP contribution in [0.15, 0.2) is 60.9 Å². The lowest BCUT2D eigenvalue weighted by Gasteiger charge is -2.09. The number of carbonyl (C=O) groups is 1. The standard InChI is InChI=1S/C18H12F4N4O/c19-13-3-1-2-4-14(13)26-17(27)15-9-24-16(10-23-15)25-12-7-5-11(6-8-12)18(20,21)22/h1-10H,(H,24,25)(H,26,27). The monoisotopic (exact) mass is 376 g/mol. The largest absolute Gasteiger partial charge is 0.416 e. The fraction of sp³-hybridized carbons (Fsp3) is 0.0556. The molecule has 1 heterocycles. The van der Waals surface area contributed by atoms with Crippen LogP contribution in [0.5, 0.6) is 0 Å². The highest BCUT2D eigenvalue weighted by Crippen LogP contribution is 2.30. The van der Waals surface area contributed by atoms with Crippen molar-refractivity contribution in [1.82, 2.24) is 9.97 Å². The number of nitrogens with one attached hydrogen (secondary N) is 2. The number of aromatic nitrogens is 2. The molecule has 0 fully saturated rings. The summed E-state index contributed by atoms with van der Waals surface area (Å²) < 4.78 is 51.2. The van der Waals surface area contributed by atoms with Gasteiger partial charge in [-0.3, -0.25) is 4.79 Å². The summed E-state index contributed by atoms with van der Waals surface area (Å²) in [6, 6.07) is 10.1. The van der Waals surface area contributed by atoms with Gasteiger partial charge < -0.3 is 10.6 Å². The topological polar surface area (TPSA) is 66.9 Å². The van der Waals surface area contributed by atoms with Crippen molar-refractivity contribution in [2.75, 3.05) is 10.6 Å². The molecule has 0 saturated heterocycles. The lowest BCUT2D eigenvalue weighted by atomic mass is 10.2. The molecule has 2 N–H and O–H groups in total. The van der Waals surface area contributed by atoms with Crippen molar-refractivity contribution < 1.29 is 22.4 Å². The molecule has 3 rings (SSSR count). The first-order valence-corrected chi connectivity index (χ1v) is 7.65. The van der Waals surface area contributed by atoms with Crippen molar-refractivity contribution in [3.63, 3.8) is 0 Å². The van der Waals surface area contributed by atoms with Crippen LogP contribution < -0.4 is 10.6 Å². The maximum Gasteiger partial charge on any atom is 0.416 e. The lowest BCUT2D eigenvalue weighted by Crippen LogP contribution is -2.15. The molecule has 1 amide bonds. The van der Waals surface area contributed by atoms with Crippen molar-refractivity contribution in [2.24, 2.45) is 0 Å². The number of halogens is 4. The number of benzene rings is 2. The molecule has 0 radical (unpaired) electrons. The third kappa shape index (κ3) is 4.57. The summed E-state index contributed by atoms with van der Waals surface area (Å²) in [6.07, 6.45) is -2.00. The van der Waals surface area contributed by atoms with Crippen molar-refractivity contribution in [3.05, 3.63) is 78.0 Å². The van der Waals surface area contributed by atoms with Gasteiger partial charge in [0.25, 0.3) is 5.91 Å². The van der Waals surface area contributed by atoms with Crippen LogP contribution in [0.25, 0.3) is 0 Å². The Kier molecular flexibility index (Phi) is 5.02. The maximum absolute atomic E-state index is 13.5. The minimum Gasteiger partial charge on any atom is -0.339 e. The second-order valence-electron chi connectivity index (χ2n) is 5.42. The average Bonchev–Trinajstić information content (AvgIpc) is 2.64. The number of para-hydroxylation sites is 1. The van der Waals surface area contributed by atoms with E-state index in [0.717, 1.165) is 12.1 Å². The molecule has 0 aliphatic rings. The average molecular weight is 376 g/mol. The second kappa shape index (κ2) is 7.40. The molecular weight excluding hydrogens is 364 g/mol. The molecule has 0 aliphatic carbocycles. The van der Waals surface area contributed by atoms with Gasteiger partial charge in [-0.2, -0.15) is 13.2 Å². The van der Waals surface area contributed by atoms with E-state index in [0.29, 0.717) is 5.69 Å². The molecule has 0 spiro atoms. The predicted molar refractivity (Wildman–Crippen MR) is 91.1 cm³/mol. The molecule has 27 heavy (non-hydrogen) atoms. The molecular formula is C18H12F4N4O. The molecule has 138 valence electrons. The Morgan fingerprint density at radius 2 is 1.63 bits per heavy atom. The van der Waals surface area contributed by atoms with Crippen LogP contribution >= 0.6 is 0 Å². The molecule has 0 saturated carbocycles. The molecule has 5 nitrogen and oxygen atoms in total. The van der Waals surface area contributed by atoms with E-state index in [1.165, 1.54) is 42.7 Å². The first kappa shape index (κ1) is 18.3. The number of amides is 1. The first-order valence-electron chi connectivity index (χ1n) is 7.65.